The van der Waals surface area contributed by atoms with Gasteiger partial charge >= 0.3 is 5.97 Å². The van der Waals surface area contributed by atoms with Crippen LogP contribution in [-0.2, 0) is 24.3 Å². The third-order valence-electron chi connectivity index (χ3n) is 3.94. The summed E-state index contributed by atoms with van der Waals surface area (Å²) in [7, 11) is -3.40. The standard InChI is InChI=1S/C15H28N2O6S/c1-2-23-14(19)5-3-12-24(21,22)17-9-6-13(7-10-17)15(20)16-8-4-11-18/h13,18H,2-12H2,1H3,(H,16,20). The molecule has 1 rings (SSSR count). The molecule has 9 heteroatoms. The SMILES string of the molecule is CCOC(=O)CCCS(=O)(=O)N1CCC(C(=O)NCCCO)CC1. The Labute approximate surface area is 143 Å². The summed E-state index contributed by atoms with van der Waals surface area (Å²) < 4.78 is 30.7. The molecule has 0 unspecified atom stereocenters. The average Bonchev–Trinajstić information content (AvgIpc) is 2.55. The Kier molecular flexibility index (Phi) is 9.24. The second-order valence-electron chi connectivity index (χ2n) is 5.77. The second-order valence-corrected chi connectivity index (χ2v) is 7.85. The average molecular weight is 364 g/mol. The maximum atomic E-state index is 12.3. The summed E-state index contributed by atoms with van der Waals surface area (Å²) >= 11 is 0. The minimum absolute atomic E-state index is 0.0305. The van der Waals surface area contributed by atoms with Gasteiger partial charge in [-0.05, 0) is 32.6 Å². The van der Waals surface area contributed by atoms with Crippen molar-refractivity contribution in [2.45, 2.75) is 39.0 Å². The van der Waals surface area contributed by atoms with Crippen LogP contribution in [0, 0.1) is 5.92 Å². The first kappa shape index (κ1) is 20.9. The lowest BCUT2D eigenvalue weighted by Crippen LogP contribution is -2.44. The highest BCUT2D eigenvalue weighted by Gasteiger charge is 2.30. The molecule has 0 aromatic carbocycles. The number of carbonyl (C=O) groups excluding carboxylic acids is 2. The van der Waals surface area contributed by atoms with E-state index in [1.807, 2.05) is 0 Å². The van der Waals surface area contributed by atoms with E-state index in [2.05, 4.69) is 5.32 Å². The fourth-order valence-corrected chi connectivity index (χ4v) is 4.13. The van der Waals surface area contributed by atoms with Crippen molar-refractivity contribution in [3.8, 4) is 0 Å². The number of esters is 1. The number of aliphatic hydroxyl groups is 1. The van der Waals surface area contributed by atoms with E-state index in [9.17, 15) is 18.0 Å². The number of rotatable bonds is 10. The molecule has 0 radical (unpaired) electrons. The molecule has 1 aliphatic rings. The van der Waals surface area contributed by atoms with E-state index in [4.69, 9.17) is 9.84 Å². The second kappa shape index (κ2) is 10.6. The van der Waals surface area contributed by atoms with Crippen LogP contribution in [0.1, 0.15) is 39.0 Å². The molecule has 8 nitrogen and oxygen atoms in total. The van der Waals surface area contributed by atoms with E-state index in [-0.39, 0.29) is 43.0 Å². The maximum absolute atomic E-state index is 12.3. The number of ether oxygens (including phenoxy) is 1. The smallest absolute Gasteiger partial charge is 0.305 e. The number of nitrogens with one attached hydrogen (secondary N) is 1. The van der Waals surface area contributed by atoms with Gasteiger partial charge in [-0.2, -0.15) is 0 Å². The third-order valence-corrected chi connectivity index (χ3v) is 5.90. The first-order chi connectivity index (χ1) is 11.4. The molecule has 0 aliphatic carbocycles. The lowest BCUT2D eigenvalue weighted by atomic mass is 9.97. The molecule has 0 atom stereocenters. The van der Waals surface area contributed by atoms with Gasteiger partial charge in [-0.3, -0.25) is 9.59 Å². The summed E-state index contributed by atoms with van der Waals surface area (Å²) in [6.45, 7) is 3.10. The molecule has 140 valence electrons. The summed E-state index contributed by atoms with van der Waals surface area (Å²) in [6.07, 6.45) is 1.82. The first-order valence-corrected chi connectivity index (χ1v) is 10.0. The summed E-state index contributed by atoms with van der Waals surface area (Å²) in [4.78, 5) is 23.2. The Morgan fingerprint density at radius 3 is 2.50 bits per heavy atom. The molecule has 0 spiro atoms. The normalized spacial score (nSPS) is 16.8. The zero-order valence-corrected chi connectivity index (χ0v) is 15.0. The van der Waals surface area contributed by atoms with Crippen LogP contribution >= 0.6 is 0 Å². The van der Waals surface area contributed by atoms with Gasteiger partial charge in [-0.25, -0.2) is 12.7 Å². The van der Waals surface area contributed by atoms with Crippen LogP contribution in [0.25, 0.3) is 0 Å². The Bertz CT molecular complexity index is 500. The first-order valence-electron chi connectivity index (χ1n) is 8.42. The fraction of sp³-hybridized carbons (Fsp3) is 0.867. The van der Waals surface area contributed by atoms with Gasteiger partial charge in [0.05, 0.1) is 12.4 Å². The number of carbonyl (C=O) groups is 2. The highest BCUT2D eigenvalue weighted by Crippen LogP contribution is 2.20. The van der Waals surface area contributed by atoms with E-state index in [0.29, 0.717) is 45.5 Å². The molecule has 1 amide bonds. The maximum Gasteiger partial charge on any atom is 0.305 e. The predicted molar refractivity (Wildman–Crippen MR) is 88.7 cm³/mol. The topological polar surface area (TPSA) is 113 Å². The van der Waals surface area contributed by atoms with E-state index < -0.39 is 10.0 Å². The van der Waals surface area contributed by atoms with Crippen LogP contribution in [0.5, 0.6) is 0 Å². The van der Waals surface area contributed by atoms with E-state index in [1.165, 1.54) is 4.31 Å². The van der Waals surface area contributed by atoms with Crippen molar-refractivity contribution in [1.29, 1.82) is 0 Å². The van der Waals surface area contributed by atoms with Crippen LogP contribution in [0.15, 0.2) is 0 Å². The molecule has 1 heterocycles. The monoisotopic (exact) mass is 364 g/mol. The lowest BCUT2D eigenvalue weighted by molar-refractivity contribution is -0.143. The lowest BCUT2D eigenvalue weighted by Gasteiger charge is -2.30. The number of amides is 1. The number of sulfonamides is 1. The Hall–Kier alpha value is -1.19. The molecule has 1 saturated heterocycles. The highest BCUT2D eigenvalue weighted by molar-refractivity contribution is 7.89. The molecule has 0 aromatic heterocycles. The van der Waals surface area contributed by atoms with Crippen molar-refractivity contribution in [3.63, 3.8) is 0 Å². The zero-order chi connectivity index (χ0) is 18.0. The van der Waals surface area contributed by atoms with Crippen LogP contribution in [0.3, 0.4) is 0 Å². The van der Waals surface area contributed by atoms with Gasteiger partial charge in [0, 0.05) is 38.6 Å². The molecule has 0 saturated carbocycles. The van der Waals surface area contributed by atoms with Gasteiger partial charge < -0.3 is 15.2 Å². The summed E-state index contributed by atoms with van der Waals surface area (Å²) in [5.41, 5.74) is 0. The molecule has 0 bridgehead atoms. The van der Waals surface area contributed by atoms with Gasteiger partial charge in [0.2, 0.25) is 15.9 Å². The van der Waals surface area contributed by atoms with Gasteiger partial charge in [0.1, 0.15) is 0 Å². The summed E-state index contributed by atoms with van der Waals surface area (Å²) in [6, 6.07) is 0. The van der Waals surface area contributed by atoms with Gasteiger partial charge in [-0.1, -0.05) is 0 Å². The number of aliphatic hydroxyl groups excluding tert-OH is 1. The summed E-state index contributed by atoms with van der Waals surface area (Å²) in [5, 5.41) is 11.4. The van der Waals surface area contributed by atoms with Crippen LogP contribution in [0.4, 0.5) is 0 Å². The number of hydrogen-bond donors (Lipinski definition) is 2. The van der Waals surface area contributed by atoms with Gasteiger partial charge in [0.15, 0.2) is 0 Å². The molecule has 24 heavy (non-hydrogen) atoms. The molecule has 0 aromatic rings. The zero-order valence-electron chi connectivity index (χ0n) is 14.2. The summed E-state index contributed by atoms with van der Waals surface area (Å²) in [5.74, 6) is -0.734. The molecule has 2 N–H and O–H groups in total. The van der Waals surface area contributed by atoms with Crippen LogP contribution in [0.2, 0.25) is 0 Å². The molecular weight excluding hydrogens is 336 g/mol. The van der Waals surface area contributed by atoms with Crippen molar-refractivity contribution in [2.75, 3.05) is 38.6 Å². The molecule has 1 fully saturated rings. The largest absolute Gasteiger partial charge is 0.466 e. The molecule has 1 aliphatic heterocycles. The van der Waals surface area contributed by atoms with Crippen molar-refractivity contribution < 1.29 is 27.9 Å². The van der Waals surface area contributed by atoms with E-state index in [1.54, 1.807) is 6.92 Å². The number of hydrogen-bond acceptors (Lipinski definition) is 6. The van der Waals surface area contributed by atoms with Gasteiger partial charge in [-0.15, -0.1) is 0 Å². The fourth-order valence-electron chi connectivity index (χ4n) is 2.59. The van der Waals surface area contributed by atoms with Crippen molar-refractivity contribution in [2.24, 2.45) is 5.92 Å². The van der Waals surface area contributed by atoms with Gasteiger partial charge in [0.25, 0.3) is 0 Å². The van der Waals surface area contributed by atoms with Crippen molar-refractivity contribution in [1.82, 2.24) is 9.62 Å². The van der Waals surface area contributed by atoms with E-state index >= 15 is 0 Å². The minimum atomic E-state index is -3.40. The van der Waals surface area contributed by atoms with E-state index in [0.717, 1.165) is 0 Å². The quantitative estimate of drug-likeness (QED) is 0.412. The van der Waals surface area contributed by atoms with Crippen molar-refractivity contribution >= 4 is 21.9 Å². The Balaban J connectivity index is 2.34. The minimum Gasteiger partial charge on any atom is -0.466 e. The van der Waals surface area contributed by atoms with Crippen LogP contribution in [-0.4, -0.2) is 68.3 Å². The molecular formula is C15H28N2O6S. The Morgan fingerprint density at radius 1 is 1.25 bits per heavy atom. The third kappa shape index (κ3) is 7.14. The highest BCUT2D eigenvalue weighted by atomic mass is 32.2. The number of nitrogens with zero attached hydrogens (tertiary/aromatic N) is 1. The number of piperidine rings is 1. The van der Waals surface area contributed by atoms with Crippen molar-refractivity contribution in [3.05, 3.63) is 0 Å². The predicted octanol–water partition coefficient (Wildman–Crippen LogP) is -0.130. The Morgan fingerprint density at radius 2 is 1.92 bits per heavy atom. The van der Waals surface area contributed by atoms with Crippen LogP contribution < -0.4 is 5.32 Å².